The fourth-order valence-corrected chi connectivity index (χ4v) is 3.58. The van der Waals surface area contributed by atoms with E-state index in [1.54, 1.807) is 6.07 Å². The number of likely N-dealkylation sites (tertiary alicyclic amines) is 1. The molecule has 0 unspecified atom stereocenters. The largest absolute Gasteiger partial charge is 0.342 e. The van der Waals surface area contributed by atoms with E-state index < -0.39 is 0 Å². The summed E-state index contributed by atoms with van der Waals surface area (Å²) in [6, 6.07) is 6.46. The topological polar surface area (TPSA) is 56.7 Å². The van der Waals surface area contributed by atoms with Crippen LogP contribution in [0.25, 0.3) is 0 Å². The van der Waals surface area contributed by atoms with Crippen LogP contribution >= 0.6 is 0 Å². The molecule has 2 aliphatic heterocycles. The number of amides is 1. The number of halogens is 1. The third kappa shape index (κ3) is 4.00. The molecule has 0 radical (unpaired) electrons. The number of carbonyl (C=O) groups is 1. The van der Waals surface area contributed by atoms with Gasteiger partial charge in [-0.05, 0) is 44.0 Å². The maximum atomic E-state index is 13.5. The highest BCUT2D eigenvalue weighted by Crippen LogP contribution is 2.27. The quantitative estimate of drug-likeness (QED) is 0.866. The Hall–Kier alpha value is -1.95. The number of piperidine rings is 1. The van der Waals surface area contributed by atoms with Crippen LogP contribution < -0.4 is 10.6 Å². The van der Waals surface area contributed by atoms with Crippen molar-refractivity contribution in [2.45, 2.75) is 38.6 Å². The Balaban J connectivity index is 1.77. The van der Waals surface area contributed by atoms with Gasteiger partial charge < -0.3 is 15.5 Å². The first-order valence-electron chi connectivity index (χ1n) is 9.11. The average Bonchev–Trinajstić information content (AvgIpc) is 2.78. The van der Waals surface area contributed by atoms with Crippen molar-refractivity contribution < 1.29 is 9.18 Å². The standard InChI is InChI=1S/C19H27FN4O/c1-14(2)17(25)24-11-7-19(8-12-24)18(21-9-4-10-22-19)23-16-6-3-5-15(20)13-16/h3,5-6,13-14,22H,4,7-12H2,1-2H3,(H,21,23). The van der Waals surface area contributed by atoms with Gasteiger partial charge in [0.15, 0.2) is 0 Å². The average molecular weight is 346 g/mol. The molecule has 3 rings (SSSR count). The van der Waals surface area contributed by atoms with Crippen LogP contribution in [0.3, 0.4) is 0 Å². The first-order valence-corrected chi connectivity index (χ1v) is 9.11. The van der Waals surface area contributed by atoms with Crippen molar-refractivity contribution >= 4 is 17.4 Å². The van der Waals surface area contributed by atoms with E-state index in [0.29, 0.717) is 18.8 Å². The second-order valence-corrected chi connectivity index (χ2v) is 7.21. The zero-order valence-electron chi connectivity index (χ0n) is 15.0. The molecule has 0 aliphatic carbocycles. The Bertz CT molecular complexity index is 651. The third-order valence-electron chi connectivity index (χ3n) is 5.03. The lowest BCUT2D eigenvalue weighted by Crippen LogP contribution is -2.60. The molecule has 1 aromatic rings. The molecule has 1 fully saturated rings. The summed E-state index contributed by atoms with van der Waals surface area (Å²) in [7, 11) is 0. The molecule has 136 valence electrons. The molecule has 0 atom stereocenters. The number of benzene rings is 1. The van der Waals surface area contributed by atoms with Crippen molar-refractivity contribution in [1.82, 2.24) is 10.2 Å². The summed E-state index contributed by atoms with van der Waals surface area (Å²) >= 11 is 0. The number of anilines is 1. The fourth-order valence-electron chi connectivity index (χ4n) is 3.58. The molecule has 0 bridgehead atoms. The maximum absolute atomic E-state index is 13.5. The minimum atomic E-state index is -0.267. The van der Waals surface area contributed by atoms with Gasteiger partial charge in [-0.3, -0.25) is 9.79 Å². The summed E-state index contributed by atoms with van der Waals surface area (Å²) < 4.78 is 13.5. The van der Waals surface area contributed by atoms with Gasteiger partial charge in [-0.15, -0.1) is 0 Å². The van der Waals surface area contributed by atoms with Crippen LogP contribution in [0.15, 0.2) is 29.3 Å². The molecule has 1 spiro atoms. The van der Waals surface area contributed by atoms with E-state index in [1.165, 1.54) is 12.1 Å². The first kappa shape index (κ1) is 17.9. The molecular weight excluding hydrogens is 319 g/mol. The Morgan fingerprint density at radius 1 is 1.36 bits per heavy atom. The summed E-state index contributed by atoms with van der Waals surface area (Å²) in [6.07, 6.45) is 2.60. The summed E-state index contributed by atoms with van der Waals surface area (Å²) in [5, 5.41) is 6.98. The van der Waals surface area contributed by atoms with Crippen LogP contribution in [-0.4, -0.2) is 48.4 Å². The number of nitrogens with zero attached hydrogens (tertiary/aromatic N) is 2. The van der Waals surface area contributed by atoms with Gasteiger partial charge in [0, 0.05) is 31.2 Å². The third-order valence-corrected chi connectivity index (χ3v) is 5.03. The normalized spacial score (nSPS) is 20.3. The van der Waals surface area contributed by atoms with Gasteiger partial charge in [-0.1, -0.05) is 19.9 Å². The highest BCUT2D eigenvalue weighted by molar-refractivity contribution is 6.03. The molecule has 25 heavy (non-hydrogen) atoms. The van der Waals surface area contributed by atoms with E-state index in [2.05, 4.69) is 10.6 Å². The summed E-state index contributed by atoms with van der Waals surface area (Å²) in [5.41, 5.74) is 0.443. The highest BCUT2D eigenvalue weighted by Gasteiger charge is 2.41. The van der Waals surface area contributed by atoms with Gasteiger partial charge in [0.05, 0.1) is 5.54 Å². The zero-order valence-corrected chi connectivity index (χ0v) is 15.0. The molecule has 2 N–H and O–H groups in total. The van der Waals surface area contributed by atoms with Gasteiger partial charge in [0.1, 0.15) is 11.7 Å². The zero-order chi connectivity index (χ0) is 17.9. The number of amidine groups is 1. The summed E-state index contributed by atoms with van der Waals surface area (Å²) in [6.45, 7) is 6.96. The number of nitrogens with one attached hydrogen (secondary N) is 2. The van der Waals surface area contributed by atoms with E-state index >= 15 is 0 Å². The minimum absolute atomic E-state index is 0.0229. The Kier molecular flexibility index (Phi) is 5.37. The van der Waals surface area contributed by atoms with Crippen molar-refractivity contribution in [1.29, 1.82) is 0 Å². The van der Waals surface area contributed by atoms with Crippen LogP contribution in [0.1, 0.15) is 33.1 Å². The summed E-state index contributed by atoms with van der Waals surface area (Å²) in [4.78, 5) is 19.0. The predicted molar refractivity (Wildman–Crippen MR) is 98.3 cm³/mol. The lowest BCUT2D eigenvalue weighted by Gasteiger charge is -2.43. The first-order chi connectivity index (χ1) is 12.0. The number of carbonyl (C=O) groups excluding carboxylic acids is 1. The molecule has 0 aromatic heterocycles. The van der Waals surface area contributed by atoms with Gasteiger partial charge in [-0.2, -0.15) is 0 Å². The predicted octanol–water partition coefficient (Wildman–Crippen LogP) is 2.65. The van der Waals surface area contributed by atoms with Crippen molar-refractivity contribution in [2.24, 2.45) is 10.9 Å². The molecule has 6 heteroatoms. The Morgan fingerprint density at radius 2 is 2.12 bits per heavy atom. The second-order valence-electron chi connectivity index (χ2n) is 7.21. The number of rotatable bonds is 2. The van der Waals surface area contributed by atoms with Crippen LogP contribution in [-0.2, 0) is 4.79 Å². The summed E-state index contributed by atoms with van der Waals surface area (Å²) in [5.74, 6) is 0.834. The molecule has 2 heterocycles. The number of hydrogen-bond donors (Lipinski definition) is 2. The van der Waals surface area contributed by atoms with Crippen molar-refractivity contribution in [2.75, 3.05) is 31.5 Å². The van der Waals surface area contributed by atoms with Crippen LogP contribution in [0.4, 0.5) is 10.1 Å². The molecule has 1 aromatic carbocycles. The lowest BCUT2D eigenvalue weighted by molar-refractivity contribution is -0.135. The van der Waals surface area contributed by atoms with Gasteiger partial charge in [-0.25, -0.2) is 4.39 Å². The SMILES string of the molecule is CC(C)C(=O)N1CCC2(CC1)NCCCN=C2Nc1cccc(F)c1. The molecule has 1 saturated heterocycles. The highest BCUT2D eigenvalue weighted by atomic mass is 19.1. The molecule has 5 nitrogen and oxygen atoms in total. The lowest BCUT2D eigenvalue weighted by atomic mass is 9.85. The van der Waals surface area contributed by atoms with Crippen LogP contribution in [0.2, 0.25) is 0 Å². The number of aliphatic imine (C=N–C) groups is 1. The molecule has 2 aliphatic rings. The van der Waals surface area contributed by atoms with E-state index in [9.17, 15) is 9.18 Å². The monoisotopic (exact) mass is 346 g/mol. The van der Waals surface area contributed by atoms with Crippen molar-refractivity contribution in [3.8, 4) is 0 Å². The van der Waals surface area contributed by atoms with Gasteiger partial charge >= 0.3 is 0 Å². The second kappa shape index (κ2) is 7.52. The Labute approximate surface area is 148 Å². The van der Waals surface area contributed by atoms with Crippen LogP contribution in [0, 0.1) is 11.7 Å². The van der Waals surface area contributed by atoms with Crippen LogP contribution in [0.5, 0.6) is 0 Å². The smallest absolute Gasteiger partial charge is 0.225 e. The minimum Gasteiger partial charge on any atom is -0.342 e. The van der Waals surface area contributed by atoms with E-state index in [0.717, 1.165) is 38.2 Å². The fraction of sp³-hybridized carbons (Fsp3) is 0.579. The van der Waals surface area contributed by atoms with Gasteiger partial charge in [0.2, 0.25) is 5.91 Å². The molecule has 1 amide bonds. The van der Waals surface area contributed by atoms with E-state index in [-0.39, 0.29) is 23.2 Å². The number of hydrogen-bond acceptors (Lipinski definition) is 4. The van der Waals surface area contributed by atoms with Crippen molar-refractivity contribution in [3.05, 3.63) is 30.1 Å². The van der Waals surface area contributed by atoms with E-state index in [4.69, 9.17) is 4.99 Å². The maximum Gasteiger partial charge on any atom is 0.225 e. The Morgan fingerprint density at radius 3 is 2.80 bits per heavy atom. The molecule has 0 saturated carbocycles. The van der Waals surface area contributed by atoms with E-state index in [1.807, 2.05) is 24.8 Å². The van der Waals surface area contributed by atoms with Gasteiger partial charge in [0.25, 0.3) is 0 Å². The van der Waals surface area contributed by atoms with Crippen molar-refractivity contribution in [3.63, 3.8) is 0 Å². The molecular formula is C19H27FN4O.